The molecule has 1 atom stereocenters. The fraction of sp³-hybridized carbons (Fsp3) is 0.364. The highest BCUT2D eigenvalue weighted by molar-refractivity contribution is 7.98. The molecule has 3 nitrogen and oxygen atoms in total. The maximum absolute atomic E-state index is 13.3. The van der Waals surface area contributed by atoms with Crippen molar-refractivity contribution in [2.45, 2.75) is 12.5 Å². The number of rotatable bonds is 5. The summed E-state index contributed by atoms with van der Waals surface area (Å²) >= 11 is 1.44. The first kappa shape index (κ1) is 15.8. The molecule has 0 aliphatic rings. The zero-order valence-corrected chi connectivity index (χ0v) is 10.8. The summed E-state index contributed by atoms with van der Waals surface area (Å²) in [5.74, 6) is -6.85. The summed E-state index contributed by atoms with van der Waals surface area (Å²) in [6.07, 6.45) is 2.07. The van der Waals surface area contributed by atoms with Gasteiger partial charge in [0.05, 0.1) is 6.04 Å². The van der Waals surface area contributed by atoms with Crippen LogP contribution >= 0.6 is 11.8 Å². The second-order valence-corrected chi connectivity index (χ2v) is 4.71. The summed E-state index contributed by atoms with van der Waals surface area (Å²) in [7, 11) is 0. The van der Waals surface area contributed by atoms with Crippen molar-refractivity contribution in [1.29, 1.82) is 0 Å². The Balaban J connectivity index is 2.91. The lowest BCUT2D eigenvalue weighted by Crippen LogP contribution is -2.36. The number of benzene rings is 1. The number of halogens is 4. The van der Waals surface area contributed by atoms with Gasteiger partial charge in [0, 0.05) is 6.07 Å². The van der Waals surface area contributed by atoms with Gasteiger partial charge in [-0.3, -0.25) is 4.79 Å². The molecule has 0 fully saturated rings. The average Bonchev–Trinajstić information content (AvgIpc) is 2.38. The Kier molecular flexibility index (Phi) is 5.61. The molecule has 1 rings (SSSR count). The minimum absolute atomic E-state index is 0.0635. The Labute approximate surface area is 111 Å². The van der Waals surface area contributed by atoms with Gasteiger partial charge in [-0.1, -0.05) is 0 Å². The van der Waals surface area contributed by atoms with E-state index in [1.54, 1.807) is 11.6 Å². The number of amides is 1. The molecule has 3 N–H and O–H groups in total. The predicted molar refractivity (Wildman–Crippen MR) is 65.9 cm³/mol. The molecule has 8 heteroatoms. The van der Waals surface area contributed by atoms with E-state index >= 15 is 0 Å². The van der Waals surface area contributed by atoms with Crippen LogP contribution in [0.4, 0.5) is 23.2 Å². The van der Waals surface area contributed by atoms with Gasteiger partial charge in [-0.25, -0.2) is 17.6 Å². The molecule has 0 bridgehead atoms. The molecule has 1 amide bonds. The van der Waals surface area contributed by atoms with E-state index in [9.17, 15) is 22.4 Å². The van der Waals surface area contributed by atoms with Crippen LogP contribution in [0.15, 0.2) is 6.07 Å². The quantitative estimate of drug-likeness (QED) is 0.647. The van der Waals surface area contributed by atoms with Gasteiger partial charge >= 0.3 is 0 Å². The van der Waals surface area contributed by atoms with Crippen molar-refractivity contribution < 1.29 is 22.4 Å². The maximum atomic E-state index is 13.3. The molecule has 1 aromatic carbocycles. The molecule has 19 heavy (non-hydrogen) atoms. The zero-order valence-electron chi connectivity index (χ0n) is 9.97. The Morgan fingerprint density at radius 2 is 1.84 bits per heavy atom. The van der Waals surface area contributed by atoms with Gasteiger partial charge in [0.15, 0.2) is 23.3 Å². The van der Waals surface area contributed by atoms with Gasteiger partial charge in [0.25, 0.3) is 0 Å². The highest BCUT2D eigenvalue weighted by Crippen LogP contribution is 2.24. The van der Waals surface area contributed by atoms with Crippen LogP contribution in [0.3, 0.4) is 0 Å². The SMILES string of the molecule is CSCC[C@H](N)C(=O)Nc1c(F)c(F)cc(F)c1F. The van der Waals surface area contributed by atoms with Crippen molar-refractivity contribution in [3.63, 3.8) is 0 Å². The Morgan fingerprint density at radius 3 is 2.32 bits per heavy atom. The van der Waals surface area contributed by atoms with Crippen molar-refractivity contribution in [3.05, 3.63) is 29.3 Å². The van der Waals surface area contributed by atoms with E-state index in [2.05, 4.69) is 0 Å². The Morgan fingerprint density at radius 1 is 1.32 bits per heavy atom. The topological polar surface area (TPSA) is 55.1 Å². The molecule has 0 saturated carbocycles. The number of carbonyl (C=O) groups excluding carboxylic acids is 1. The largest absolute Gasteiger partial charge is 0.320 e. The minimum Gasteiger partial charge on any atom is -0.320 e. The van der Waals surface area contributed by atoms with Gasteiger partial charge in [0.2, 0.25) is 5.91 Å². The maximum Gasteiger partial charge on any atom is 0.241 e. The lowest BCUT2D eigenvalue weighted by atomic mass is 10.2. The van der Waals surface area contributed by atoms with E-state index in [0.717, 1.165) is 0 Å². The normalized spacial score (nSPS) is 12.3. The number of nitrogens with two attached hydrogens (primary N) is 1. The first-order valence-corrected chi connectivity index (χ1v) is 6.66. The standard InChI is InChI=1S/C11H12F4N2OS/c1-19-3-2-7(16)11(18)17-10-8(14)5(12)4-6(13)9(10)15/h4,7H,2-3,16H2,1H3,(H,17,18)/t7-/m0/s1. The molecule has 0 heterocycles. The molecule has 106 valence electrons. The summed E-state index contributed by atoms with van der Waals surface area (Å²) in [5.41, 5.74) is 4.30. The summed E-state index contributed by atoms with van der Waals surface area (Å²) < 4.78 is 52.4. The second kappa shape index (κ2) is 6.76. The van der Waals surface area contributed by atoms with Gasteiger partial charge < -0.3 is 11.1 Å². The average molecular weight is 296 g/mol. The van der Waals surface area contributed by atoms with Gasteiger partial charge in [-0.15, -0.1) is 0 Å². The highest BCUT2D eigenvalue weighted by atomic mass is 32.2. The lowest BCUT2D eigenvalue weighted by Gasteiger charge is -2.13. The first-order valence-electron chi connectivity index (χ1n) is 5.26. The number of nitrogens with one attached hydrogen (secondary N) is 1. The molecule has 0 saturated heterocycles. The van der Waals surface area contributed by atoms with Crippen molar-refractivity contribution in [2.24, 2.45) is 5.73 Å². The van der Waals surface area contributed by atoms with Crippen LogP contribution in [-0.2, 0) is 4.79 Å². The molecule has 0 aliphatic heterocycles. The fourth-order valence-corrected chi connectivity index (χ4v) is 1.76. The van der Waals surface area contributed by atoms with Crippen LogP contribution in [-0.4, -0.2) is 24.0 Å². The lowest BCUT2D eigenvalue weighted by molar-refractivity contribution is -0.117. The van der Waals surface area contributed by atoms with E-state index in [1.807, 2.05) is 0 Å². The summed E-state index contributed by atoms with van der Waals surface area (Å²) in [6.45, 7) is 0. The smallest absolute Gasteiger partial charge is 0.241 e. The number of carbonyl (C=O) groups is 1. The van der Waals surface area contributed by atoms with E-state index < -0.39 is 40.9 Å². The van der Waals surface area contributed by atoms with Crippen LogP contribution in [0.5, 0.6) is 0 Å². The second-order valence-electron chi connectivity index (χ2n) is 3.72. The van der Waals surface area contributed by atoms with Gasteiger partial charge in [-0.05, 0) is 18.4 Å². The van der Waals surface area contributed by atoms with Crippen LogP contribution < -0.4 is 11.1 Å². The van der Waals surface area contributed by atoms with Gasteiger partial charge in [-0.2, -0.15) is 11.8 Å². The van der Waals surface area contributed by atoms with Crippen molar-refractivity contribution >= 4 is 23.4 Å². The fourth-order valence-electron chi connectivity index (χ4n) is 1.27. The van der Waals surface area contributed by atoms with Crippen LogP contribution in [0.2, 0.25) is 0 Å². The third-order valence-electron chi connectivity index (χ3n) is 2.33. The molecule has 0 aliphatic carbocycles. The summed E-state index contributed by atoms with van der Waals surface area (Å²) in [4.78, 5) is 11.5. The third kappa shape index (κ3) is 3.84. The van der Waals surface area contributed by atoms with Crippen molar-refractivity contribution in [3.8, 4) is 0 Å². The molecule has 0 radical (unpaired) electrons. The number of hydrogen-bond acceptors (Lipinski definition) is 3. The molecular weight excluding hydrogens is 284 g/mol. The molecular formula is C11H12F4N2OS. The van der Waals surface area contributed by atoms with Crippen LogP contribution in [0.25, 0.3) is 0 Å². The highest BCUT2D eigenvalue weighted by Gasteiger charge is 2.22. The minimum atomic E-state index is -1.66. The number of hydrogen-bond donors (Lipinski definition) is 2. The van der Waals surface area contributed by atoms with Crippen LogP contribution in [0.1, 0.15) is 6.42 Å². The molecule has 1 aromatic rings. The molecule has 0 aromatic heterocycles. The Hall–Kier alpha value is -1.28. The summed E-state index contributed by atoms with van der Waals surface area (Å²) in [5, 5.41) is 1.77. The molecule has 0 unspecified atom stereocenters. The zero-order chi connectivity index (χ0) is 14.6. The van der Waals surface area contributed by atoms with E-state index in [-0.39, 0.29) is 12.5 Å². The first-order chi connectivity index (χ1) is 8.88. The monoisotopic (exact) mass is 296 g/mol. The van der Waals surface area contributed by atoms with E-state index in [1.165, 1.54) is 11.8 Å². The van der Waals surface area contributed by atoms with Crippen molar-refractivity contribution in [1.82, 2.24) is 0 Å². The Bertz CT molecular complexity index is 458. The molecule has 0 spiro atoms. The van der Waals surface area contributed by atoms with Crippen molar-refractivity contribution in [2.75, 3.05) is 17.3 Å². The summed E-state index contributed by atoms with van der Waals surface area (Å²) in [6, 6.07) is -0.953. The number of thioether (sulfide) groups is 1. The third-order valence-corrected chi connectivity index (χ3v) is 2.97. The van der Waals surface area contributed by atoms with Crippen LogP contribution in [0, 0.1) is 23.3 Å². The van der Waals surface area contributed by atoms with E-state index in [0.29, 0.717) is 5.75 Å². The predicted octanol–water partition coefficient (Wildman–Crippen LogP) is 2.26. The van der Waals surface area contributed by atoms with Gasteiger partial charge in [0.1, 0.15) is 5.69 Å². The van der Waals surface area contributed by atoms with E-state index in [4.69, 9.17) is 5.73 Å². The number of anilines is 1.